The average molecular weight is 308 g/mol. The van der Waals surface area contributed by atoms with E-state index in [0.29, 0.717) is 5.56 Å². The number of benzene rings is 2. The Bertz CT molecular complexity index is 797. The molecule has 2 aromatic rings. The Balaban J connectivity index is 1.71. The molecule has 1 amide bonds. The maximum absolute atomic E-state index is 12.0. The minimum atomic E-state index is -0.460. The molecule has 0 bridgehead atoms. The molecular weight excluding hydrogens is 292 g/mol. The van der Waals surface area contributed by atoms with Crippen LogP contribution in [-0.4, -0.2) is 10.8 Å². The van der Waals surface area contributed by atoms with E-state index in [1.54, 1.807) is 18.2 Å². The third-order valence-electron chi connectivity index (χ3n) is 3.91. The second-order valence-electron chi connectivity index (χ2n) is 5.48. The molecule has 0 heterocycles. The largest absolute Gasteiger partial charge is 0.323 e. The third-order valence-corrected chi connectivity index (χ3v) is 3.91. The number of aryl methyl sites for hydroxylation is 2. The number of fused-ring (bicyclic) bond motifs is 1. The summed E-state index contributed by atoms with van der Waals surface area (Å²) >= 11 is 0. The number of hydrogen-bond acceptors (Lipinski definition) is 3. The Morgan fingerprint density at radius 1 is 1.13 bits per heavy atom. The summed E-state index contributed by atoms with van der Waals surface area (Å²) in [4.78, 5) is 22.5. The van der Waals surface area contributed by atoms with Gasteiger partial charge in [0.15, 0.2) is 0 Å². The molecule has 23 heavy (non-hydrogen) atoms. The summed E-state index contributed by atoms with van der Waals surface area (Å²) in [5.41, 5.74) is 3.77. The van der Waals surface area contributed by atoms with Gasteiger partial charge in [-0.25, -0.2) is 0 Å². The van der Waals surface area contributed by atoms with Gasteiger partial charge in [0.05, 0.1) is 10.5 Å². The van der Waals surface area contributed by atoms with Crippen molar-refractivity contribution in [3.63, 3.8) is 0 Å². The molecule has 1 aliphatic carbocycles. The van der Waals surface area contributed by atoms with Crippen molar-refractivity contribution in [2.24, 2.45) is 0 Å². The molecule has 5 heteroatoms. The Kier molecular flexibility index (Phi) is 4.19. The van der Waals surface area contributed by atoms with Crippen LogP contribution in [0.2, 0.25) is 0 Å². The van der Waals surface area contributed by atoms with E-state index in [9.17, 15) is 14.9 Å². The molecule has 0 radical (unpaired) electrons. The third kappa shape index (κ3) is 3.45. The van der Waals surface area contributed by atoms with Gasteiger partial charge in [0, 0.05) is 17.8 Å². The fourth-order valence-electron chi connectivity index (χ4n) is 2.79. The van der Waals surface area contributed by atoms with Gasteiger partial charge >= 0.3 is 0 Å². The zero-order valence-electron chi connectivity index (χ0n) is 12.5. The van der Waals surface area contributed by atoms with Crippen LogP contribution in [0.4, 0.5) is 11.4 Å². The molecular formula is C18H16N2O3. The molecule has 2 aromatic carbocycles. The molecule has 0 unspecified atom stereocenters. The topological polar surface area (TPSA) is 72.2 Å². The van der Waals surface area contributed by atoms with Crippen LogP contribution >= 0.6 is 0 Å². The first-order chi connectivity index (χ1) is 11.1. The van der Waals surface area contributed by atoms with E-state index in [4.69, 9.17) is 0 Å². The summed E-state index contributed by atoms with van der Waals surface area (Å²) in [5.74, 6) is -0.305. The molecule has 0 fully saturated rings. The van der Waals surface area contributed by atoms with Crippen LogP contribution < -0.4 is 5.32 Å². The predicted octanol–water partition coefficient (Wildman–Crippen LogP) is 3.74. The monoisotopic (exact) mass is 308 g/mol. The van der Waals surface area contributed by atoms with Crippen molar-refractivity contribution in [2.75, 3.05) is 5.32 Å². The minimum Gasteiger partial charge on any atom is -0.323 e. The smallest absolute Gasteiger partial charge is 0.276 e. The van der Waals surface area contributed by atoms with Gasteiger partial charge in [-0.05, 0) is 54.7 Å². The van der Waals surface area contributed by atoms with Crippen LogP contribution in [0.25, 0.3) is 6.08 Å². The van der Waals surface area contributed by atoms with E-state index >= 15 is 0 Å². The summed E-state index contributed by atoms with van der Waals surface area (Å²) in [7, 11) is 0. The average Bonchev–Trinajstić information content (AvgIpc) is 3.00. The molecule has 1 aliphatic rings. The number of carbonyl (C=O) groups excluding carboxylic acids is 1. The molecule has 0 aromatic heterocycles. The zero-order valence-corrected chi connectivity index (χ0v) is 12.5. The number of rotatable bonds is 4. The van der Waals surface area contributed by atoms with E-state index < -0.39 is 4.92 Å². The molecule has 3 rings (SSSR count). The number of nitrogens with one attached hydrogen (secondary N) is 1. The van der Waals surface area contributed by atoms with Gasteiger partial charge in [-0.15, -0.1) is 0 Å². The summed E-state index contributed by atoms with van der Waals surface area (Å²) in [5, 5.41) is 13.7. The number of para-hydroxylation sites is 1. The normalized spacial score (nSPS) is 13.0. The maximum Gasteiger partial charge on any atom is 0.276 e. The Labute approximate surface area is 133 Å². The highest BCUT2D eigenvalue weighted by molar-refractivity contribution is 6.02. The van der Waals surface area contributed by atoms with E-state index in [1.807, 2.05) is 18.2 Å². The molecule has 5 nitrogen and oxygen atoms in total. The summed E-state index contributed by atoms with van der Waals surface area (Å²) < 4.78 is 0. The number of anilines is 1. The fraction of sp³-hybridized carbons (Fsp3) is 0.167. The highest BCUT2D eigenvalue weighted by atomic mass is 16.6. The minimum absolute atomic E-state index is 0.0194. The van der Waals surface area contributed by atoms with Crippen molar-refractivity contribution in [1.29, 1.82) is 0 Å². The molecule has 0 atom stereocenters. The standard InChI is InChI=1S/C18H16N2O3/c21-18(11-9-14-4-1-2-7-17(14)20(22)23)19-16-10-8-13-5-3-6-15(13)12-16/h1-2,4,7-12H,3,5-6H2,(H,19,21). The quantitative estimate of drug-likeness (QED) is 0.531. The summed E-state index contributed by atoms with van der Waals surface area (Å²) in [6, 6.07) is 12.3. The van der Waals surface area contributed by atoms with Crippen LogP contribution in [0.15, 0.2) is 48.5 Å². The number of nitro benzene ring substituents is 1. The first-order valence-electron chi connectivity index (χ1n) is 7.48. The summed E-state index contributed by atoms with van der Waals surface area (Å²) in [6.45, 7) is 0. The van der Waals surface area contributed by atoms with Crippen LogP contribution in [0.5, 0.6) is 0 Å². The lowest BCUT2D eigenvalue weighted by molar-refractivity contribution is -0.385. The van der Waals surface area contributed by atoms with Crippen molar-refractivity contribution in [2.45, 2.75) is 19.3 Å². The van der Waals surface area contributed by atoms with Crippen LogP contribution in [0.1, 0.15) is 23.1 Å². The van der Waals surface area contributed by atoms with Crippen molar-refractivity contribution in [1.82, 2.24) is 0 Å². The Morgan fingerprint density at radius 3 is 2.74 bits per heavy atom. The highest BCUT2D eigenvalue weighted by Crippen LogP contribution is 2.25. The van der Waals surface area contributed by atoms with E-state index in [0.717, 1.165) is 24.9 Å². The lowest BCUT2D eigenvalue weighted by Crippen LogP contribution is -2.08. The second kappa shape index (κ2) is 6.44. The van der Waals surface area contributed by atoms with Gasteiger partial charge in [-0.2, -0.15) is 0 Å². The molecule has 0 spiro atoms. The number of hydrogen-bond donors (Lipinski definition) is 1. The van der Waals surface area contributed by atoms with Crippen molar-refractivity contribution >= 4 is 23.4 Å². The highest BCUT2D eigenvalue weighted by Gasteiger charge is 2.12. The maximum atomic E-state index is 12.0. The zero-order chi connectivity index (χ0) is 16.2. The first kappa shape index (κ1) is 15.0. The molecule has 0 saturated carbocycles. The van der Waals surface area contributed by atoms with Crippen LogP contribution in [0, 0.1) is 10.1 Å². The number of nitrogens with zero attached hydrogens (tertiary/aromatic N) is 1. The SMILES string of the molecule is O=C(C=Cc1ccccc1[N+](=O)[O-])Nc1ccc2c(c1)CCC2. The van der Waals surface area contributed by atoms with Crippen molar-refractivity contribution in [3.8, 4) is 0 Å². The van der Waals surface area contributed by atoms with Crippen molar-refractivity contribution < 1.29 is 9.72 Å². The van der Waals surface area contributed by atoms with Gasteiger partial charge in [-0.3, -0.25) is 14.9 Å². The van der Waals surface area contributed by atoms with Gasteiger partial charge in [0.25, 0.3) is 5.69 Å². The van der Waals surface area contributed by atoms with Gasteiger partial charge < -0.3 is 5.32 Å². The van der Waals surface area contributed by atoms with Crippen LogP contribution in [-0.2, 0) is 17.6 Å². The van der Waals surface area contributed by atoms with Crippen molar-refractivity contribution in [3.05, 3.63) is 75.3 Å². The van der Waals surface area contributed by atoms with E-state index in [2.05, 4.69) is 5.32 Å². The Morgan fingerprint density at radius 2 is 1.91 bits per heavy atom. The first-order valence-corrected chi connectivity index (χ1v) is 7.48. The molecule has 1 N–H and O–H groups in total. The fourth-order valence-corrected chi connectivity index (χ4v) is 2.79. The van der Waals surface area contributed by atoms with E-state index in [1.165, 1.54) is 29.3 Å². The predicted molar refractivity (Wildman–Crippen MR) is 89.2 cm³/mol. The number of nitro groups is 1. The number of carbonyl (C=O) groups is 1. The van der Waals surface area contributed by atoms with Crippen LogP contribution in [0.3, 0.4) is 0 Å². The molecule has 116 valence electrons. The second-order valence-corrected chi connectivity index (χ2v) is 5.48. The summed E-state index contributed by atoms with van der Waals surface area (Å²) in [6.07, 6.45) is 6.08. The lowest BCUT2D eigenvalue weighted by atomic mass is 10.1. The van der Waals surface area contributed by atoms with Gasteiger partial charge in [0.2, 0.25) is 5.91 Å². The molecule has 0 saturated heterocycles. The number of amides is 1. The van der Waals surface area contributed by atoms with Gasteiger partial charge in [0.1, 0.15) is 0 Å². The Hall–Kier alpha value is -2.95. The lowest BCUT2D eigenvalue weighted by Gasteiger charge is -2.05. The molecule has 0 aliphatic heterocycles. The van der Waals surface area contributed by atoms with Gasteiger partial charge in [-0.1, -0.05) is 18.2 Å². The van der Waals surface area contributed by atoms with E-state index in [-0.39, 0.29) is 11.6 Å².